The lowest BCUT2D eigenvalue weighted by molar-refractivity contribution is -0.257. The van der Waals surface area contributed by atoms with Crippen molar-refractivity contribution in [3.63, 3.8) is 0 Å². The molecular formula is C17H11O6-. The van der Waals surface area contributed by atoms with Gasteiger partial charge < -0.3 is 24.5 Å². The van der Waals surface area contributed by atoms with Crippen molar-refractivity contribution >= 4 is 22.7 Å². The summed E-state index contributed by atoms with van der Waals surface area (Å²) in [6, 6.07) is 9.94. The van der Waals surface area contributed by atoms with Crippen LogP contribution in [0.25, 0.3) is 11.0 Å². The first-order valence-corrected chi connectivity index (χ1v) is 6.73. The van der Waals surface area contributed by atoms with E-state index in [2.05, 4.69) is 0 Å². The molecule has 0 bridgehead atoms. The number of aromatic carboxylic acids is 1. The Morgan fingerprint density at radius 1 is 1.04 bits per heavy atom. The SMILES string of the molecule is O=C([O-])c1cc2cc(CC(=O)c3ccc(O)cc3O)ccc2o1. The number of phenols is 2. The zero-order valence-corrected chi connectivity index (χ0v) is 11.8. The minimum absolute atomic E-state index is 0.0140. The highest BCUT2D eigenvalue weighted by atomic mass is 16.4. The van der Waals surface area contributed by atoms with E-state index in [1.807, 2.05) is 0 Å². The van der Waals surface area contributed by atoms with E-state index < -0.39 is 5.97 Å². The van der Waals surface area contributed by atoms with Crippen LogP contribution in [0.1, 0.15) is 26.5 Å². The number of aromatic hydroxyl groups is 2. The van der Waals surface area contributed by atoms with Crippen molar-refractivity contribution < 1.29 is 29.3 Å². The first-order chi connectivity index (χ1) is 10.9. The van der Waals surface area contributed by atoms with Gasteiger partial charge in [-0.3, -0.25) is 4.79 Å². The van der Waals surface area contributed by atoms with Crippen LogP contribution in [-0.4, -0.2) is 22.0 Å². The predicted octanol–water partition coefficient (Wildman–Crippen LogP) is 1.63. The minimum Gasteiger partial charge on any atom is -0.542 e. The number of hydrogen-bond donors (Lipinski definition) is 2. The Hall–Kier alpha value is -3.28. The quantitative estimate of drug-likeness (QED) is 0.708. The molecule has 116 valence electrons. The highest BCUT2D eigenvalue weighted by molar-refractivity contribution is 6.00. The molecule has 0 aliphatic rings. The second-order valence-electron chi connectivity index (χ2n) is 5.07. The summed E-state index contributed by atoms with van der Waals surface area (Å²) in [7, 11) is 0. The van der Waals surface area contributed by atoms with Gasteiger partial charge in [0.05, 0.1) is 5.56 Å². The number of furan rings is 1. The van der Waals surface area contributed by atoms with Gasteiger partial charge in [-0.1, -0.05) is 6.07 Å². The topological polar surface area (TPSA) is 111 Å². The van der Waals surface area contributed by atoms with E-state index in [1.54, 1.807) is 18.2 Å². The van der Waals surface area contributed by atoms with Crippen molar-refractivity contribution in [2.75, 3.05) is 0 Å². The first kappa shape index (κ1) is 14.6. The van der Waals surface area contributed by atoms with E-state index in [0.717, 1.165) is 6.07 Å². The normalized spacial score (nSPS) is 10.8. The molecule has 0 atom stereocenters. The second kappa shape index (κ2) is 5.49. The zero-order valence-electron chi connectivity index (χ0n) is 11.8. The Balaban J connectivity index is 1.88. The Morgan fingerprint density at radius 3 is 2.52 bits per heavy atom. The van der Waals surface area contributed by atoms with Crippen LogP contribution >= 0.6 is 0 Å². The number of benzene rings is 2. The summed E-state index contributed by atoms with van der Waals surface area (Å²) >= 11 is 0. The summed E-state index contributed by atoms with van der Waals surface area (Å²) in [5.41, 5.74) is 1.12. The summed E-state index contributed by atoms with van der Waals surface area (Å²) in [6.07, 6.45) is 0.0140. The molecule has 0 amide bonds. The number of hydrogen-bond acceptors (Lipinski definition) is 6. The first-order valence-electron chi connectivity index (χ1n) is 6.73. The molecule has 0 aliphatic carbocycles. The molecule has 2 N–H and O–H groups in total. The zero-order chi connectivity index (χ0) is 16.6. The van der Waals surface area contributed by atoms with Gasteiger partial charge in [-0.05, 0) is 35.9 Å². The van der Waals surface area contributed by atoms with Crippen LogP contribution in [0.4, 0.5) is 0 Å². The van der Waals surface area contributed by atoms with Crippen molar-refractivity contribution in [3.8, 4) is 11.5 Å². The lowest BCUT2D eigenvalue weighted by Crippen LogP contribution is -2.21. The van der Waals surface area contributed by atoms with Gasteiger partial charge in [0.25, 0.3) is 0 Å². The second-order valence-corrected chi connectivity index (χ2v) is 5.07. The monoisotopic (exact) mass is 311 g/mol. The number of ketones is 1. The minimum atomic E-state index is -1.41. The van der Waals surface area contributed by atoms with Crippen LogP contribution in [0.5, 0.6) is 11.5 Å². The molecule has 6 nitrogen and oxygen atoms in total. The number of carboxylic acid groups (broad SMARTS) is 1. The number of carbonyl (C=O) groups excluding carboxylic acids is 2. The van der Waals surface area contributed by atoms with Gasteiger partial charge in [-0.15, -0.1) is 0 Å². The number of carboxylic acids is 1. The Kier molecular flexibility index (Phi) is 3.50. The number of phenolic OH excluding ortho intramolecular Hbond substituents is 2. The third-order valence-corrected chi connectivity index (χ3v) is 3.43. The lowest BCUT2D eigenvalue weighted by atomic mass is 10.0. The van der Waals surface area contributed by atoms with E-state index in [1.165, 1.54) is 18.2 Å². The molecule has 0 saturated heterocycles. The number of fused-ring (bicyclic) bond motifs is 1. The van der Waals surface area contributed by atoms with Gasteiger partial charge in [-0.2, -0.15) is 0 Å². The van der Waals surface area contributed by atoms with Crippen LogP contribution in [0.3, 0.4) is 0 Å². The van der Waals surface area contributed by atoms with Crippen LogP contribution in [-0.2, 0) is 6.42 Å². The number of carbonyl (C=O) groups is 2. The summed E-state index contributed by atoms with van der Waals surface area (Å²) in [6.45, 7) is 0. The maximum absolute atomic E-state index is 12.2. The Labute approximate surface area is 130 Å². The van der Waals surface area contributed by atoms with Crippen molar-refractivity contribution in [2.45, 2.75) is 6.42 Å². The largest absolute Gasteiger partial charge is 0.542 e. The lowest BCUT2D eigenvalue weighted by Gasteiger charge is -2.05. The maximum atomic E-state index is 12.2. The Morgan fingerprint density at radius 2 is 1.83 bits per heavy atom. The fourth-order valence-corrected chi connectivity index (χ4v) is 2.34. The van der Waals surface area contributed by atoms with E-state index in [0.29, 0.717) is 16.5 Å². The number of rotatable bonds is 4. The molecule has 0 unspecified atom stereocenters. The molecule has 0 saturated carbocycles. The molecular weight excluding hydrogens is 300 g/mol. The molecule has 2 aromatic carbocycles. The van der Waals surface area contributed by atoms with E-state index >= 15 is 0 Å². The average Bonchev–Trinajstić information content (AvgIpc) is 2.90. The molecule has 0 aliphatic heterocycles. The fourth-order valence-electron chi connectivity index (χ4n) is 2.34. The molecule has 1 aromatic heterocycles. The molecule has 6 heteroatoms. The van der Waals surface area contributed by atoms with Crippen LogP contribution < -0.4 is 5.11 Å². The standard InChI is InChI=1S/C17H12O6/c18-11-2-3-12(14(20)8-11)13(19)6-9-1-4-15-10(5-9)7-16(23-15)17(21)22/h1-5,7-8,18,20H,6H2,(H,21,22)/p-1. The van der Waals surface area contributed by atoms with Crippen LogP contribution in [0.15, 0.2) is 46.9 Å². The molecule has 3 aromatic rings. The van der Waals surface area contributed by atoms with Crippen molar-refractivity contribution in [1.82, 2.24) is 0 Å². The predicted molar refractivity (Wildman–Crippen MR) is 78.4 cm³/mol. The molecule has 0 radical (unpaired) electrons. The summed E-state index contributed by atoms with van der Waals surface area (Å²) in [4.78, 5) is 23.0. The third kappa shape index (κ3) is 2.87. The Bertz CT molecular complexity index is 922. The van der Waals surface area contributed by atoms with Crippen molar-refractivity contribution in [1.29, 1.82) is 0 Å². The van der Waals surface area contributed by atoms with E-state index in [-0.39, 0.29) is 35.0 Å². The van der Waals surface area contributed by atoms with Crippen molar-refractivity contribution in [2.24, 2.45) is 0 Å². The summed E-state index contributed by atoms with van der Waals surface area (Å²) < 4.78 is 5.09. The van der Waals surface area contributed by atoms with Crippen LogP contribution in [0.2, 0.25) is 0 Å². The van der Waals surface area contributed by atoms with E-state index in [4.69, 9.17) is 4.42 Å². The molecule has 23 heavy (non-hydrogen) atoms. The number of Topliss-reactive ketones (excluding diaryl/α,β-unsaturated/α-hetero) is 1. The van der Waals surface area contributed by atoms with Crippen LogP contribution in [0, 0.1) is 0 Å². The highest BCUT2D eigenvalue weighted by Crippen LogP contribution is 2.25. The highest BCUT2D eigenvalue weighted by Gasteiger charge is 2.13. The fraction of sp³-hybridized carbons (Fsp3) is 0.0588. The summed E-state index contributed by atoms with van der Waals surface area (Å²) in [5, 5.41) is 30.3. The molecule has 1 heterocycles. The maximum Gasteiger partial charge on any atom is 0.170 e. The van der Waals surface area contributed by atoms with Gasteiger partial charge >= 0.3 is 0 Å². The van der Waals surface area contributed by atoms with Gasteiger partial charge in [0.1, 0.15) is 23.1 Å². The molecule has 0 fully saturated rings. The average molecular weight is 311 g/mol. The smallest absolute Gasteiger partial charge is 0.170 e. The van der Waals surface area contributed by atoms with Gasteiger partial charge in [-0.25, -0.2) is 0 Å². The third-order valence-electron chi connectivity index (χ3n) is 3.43. The van der Waals surface area contributed by atoms with Crippen molar-refractivity contribution in [3.05, 3.63) is 59.4 Å². The van der Waals surface area contributed by atoms with Gasteiger partial charge in [0.15, 0.2) is 11.5 Å². The van der Waals surface area contributed by atoms with Gasteiger partial charge in [0, 0.05) is 17.9 Å². The molecule has 0 spiro atoms. The van der Waals surface area contributed by atoms with E-state index in [9.17, 15) is 24.9 Å². The van der Waals surface area contributed by atoms with Gasteiger partial charge in [0.2, 0.25) is 0 Å². The molecule has 3 rings (SSSR count). The summed E-state index contributed by atoms with van der Waals surface area (Å²) in [5.74, 6) is -2.44.